The Bertz CT molecular complexity index is 785. The van der Waals surface area contributed by atoms with Crippen molar-refractivity contribution in [2.45, 2.75) is 57.2 Å². The molecule has 2 unspecified atom stereocenters. The fourth-order valence-corrected chi connectivity index (χ4v) is 4.54. The van der Waals surface area contributed by atoms with E-state index in [2.05, 4.69) is 26.1 Å². The second kappa shape index (κ2) is 6.24. The number of nitrogens with zero attached hydrogens (tertiary/aromatic N) is 1. The summed E-state index contributed by atoms with van der Waals surface area (Å²) in [6.07, 6.45) is -0.977. The molecule has 2 aliphatic heterocycles. The molecule has 0 spiro atoms. The number of amides is 3. The molecule has 0 aromatic heterocycles. The van der Waals surface area contributed by atoms with Crippen LogP contribution in [-0.2, 0) is 9.22 Å². The number of rotatable bonds is 3. The molecule has 3 rings (SSSR count). The molecule has 1 aromatic rings. The fraction of sp³-hybridized carbons (Fsp3) is 0.526. The average Bonchev–Trinajstić information content (AvgIpc) is 2.82. The molecule has 2 aliphatic rings. The van der Waals surface area contributed by atoms with Gasteiger partial charge in [-0.1, -0.05) is 32.9 Å². The van der Waals surface area contributed by atoms with Crippen molar-refractivity contribution in [3.05, 3.63) is 35.4 Å². The van der Waals surface area contributed by atoms with Gasteiger partial charge in [0.2, 0.25) is 0 Å². The topological polar surface area (TPSA) is 75.7 Å². The lowest BCUT2D eigenvalue weighted by molar-refractivity contribution is -0.149. The summed E-state index contributed by atoms with van der Waals surface area (Å²) >= 11 is 0. The third-order valence-corrected chi connectivity index (χ3v) is 10.3. The van der Waals surface area contributed by atoms with Gasteiger partial charge in [0.25, 0.3) is 23.5 Å². The maximum absolute atomic E-state index is 15.9. The summed E-state index contributed by atoms with van der Waals surface area (Å²) in [6, 6.07) is 6.12. The first-order chi connectivity index (χ1) is 12.4. The minimum absolute atomic E-state index is 0.0943. The van der Waals surface area contributed by atoms with Crippen LogP contribution in [0.25, 0.3) is 0 Å². The van der Waals surface area contributed by atoms with Crippen molar-refractivity contribution in [1.29, 1.82) is 0 Å². The van der Waals surface area contributed by atoms with Gasteiger partial charge in [-0.3, -0.25) is 14.4 Å². The Hall–Kier alpha value is -2.06. The van der Waals surface area contributed by atoms with E-state index in [1.807, 2.05) is 13.1 Å². The van der Waals surface area contributed by atoms with Gasteiger partial charge < -0.3 is 9.74 Å². The van der Waals surface area contributed by atoms with Crippen LogP contribution in [0, 0.1) is 0 Å². The van der Waals surface area contributed by atoms with E-state index in [9.17, 15) is 14.4 Å². The van der Waals surface area contributed by atoms with Gasteiger partial charge in [-0.05, 0) is 30.3 Å². The molecule has 0 aliphatic carbocycles. The second-order valence-electron chi connectivity index (χ2n) is 8.66. The van der Waals surface area contributed by atoms with Crippen molar-refractivity contribution in [3.8, 4) is 0 Å². The molecule has 1 fully saturated rings. The van der Waals surface area contributed by atoms with Crippen LogP contribution in [0.3, 0.4) is 0 Å². The Balaban J connectivity index is 1.90. The first kappa shape index (κ1) is 19.7. The van der Waals surface area contributed by atoms with Gasteiger partial charge in [0.05, 0.1) is 17.2 Å². The largest absolute Gasteiger partial charge is 0.412 e. The molecule has 2 heterocycles. The highest BCUT2D eigenvalue weighted by Crippen LogP contribution is 2.40. The summed E-state index contributed by atoms with van der Waals surface area (Å²) in [4.78, 5) is 38.2. The molecule has 8 heteroatoms. The van der Waals surface area contributed by atoms with Crippen molar-refractivity contribution < 1.29 is 23.2 Å². The van der Waals surface area contributed by atoms with E-state index in [0.717, 1.165) is 0 Å². The summed E-state index contributed by atoms with van der Waals surface area (Å²) in [5, 5.41) is 2.38. The summed E-state index contributed by atoms with van der Waals surface area (Å²) in [6.45, 7) is 10.4. The molecule has 0 saturated carbocycles. The molecule has 2 atom stereocenters. The van der Waals surface area contributed by atoms with Crippen LogP contribution in [0.15, 0.2) is 24.3 Å². The van der Waals surface area contributed by atoms with Crippen LogP contribution in [-0.4, -0.2) is 49.4 Å². The Kier molecular flexibility index (Phi) is 4.55. The Morgan fingerprint density at radius 1 is 1.15 bits per heavy atom. The lowest BCUT2D eigenvalue weighted by atomic mass is 9.99. The van der Waals surface area contributed by atoms with Gasteiger partial charge in [-0.2, -0.15) is 0 Å². The second-order valence-corrected chi connectivity index (χ2v) is 13.4. The standard InChI is InChI=1S/C19H25FN2O4Si/c1-18(2,3)27(4,5)26-12-10-19(20,17(25)21-11-12)22-15(23)13-8-6-7-9-14(13)16(22)24/h6-9,12H,10-11H2,1-5H3,(H,21,25). The van der Waals surface area contributed by atoms with Crippen molar-refractivity contribution in [3.63, 3.8) is 0 Å². The first-order valence-corrected chi connectivity index (χ1v) is 11.9. The summed E-state index contributed by atoms with van der Waals surface area (Å²) in [5.41, 5.74) is 0.222. The molecule has 1 saturated heterocycles. The van der Waals surface area contributed by atoms with Crippen LogP contribution >= 0.6 is 0 Å². The maximum Gasteiger partial charge on any atom is 0.279 e. The lowest BCUT2D eigenvalue weighted by Gasteiger charge is -2.44. The number of nitrogens with one attached hydrogen (secondary N) is 1. The normalized spacial score (nSPS) is 26.2. The Morgan fingerprint density at radius 3 is 2.15 bits per heavy atom. The van der Waals surface area contributed by atoms with Crippen LogP contribution < -0.4 is 5.32 Å². The van der Waals surface area contributed by atoms with E-state index in [-0.39, 0.29) is 29.1 Å². The highest BCUT2D eigenvalue weighted by Gasteiger charge is 2.58. The van der Waals surface area contributed by atoms with Crippen molar-refractivity contribution in [2.75, 3.05) is 6.54 Å². The quantitative estimate of drug-likeness (QED) is 0.488. The molecular formula is C19H25FN2O4Si. The molecular weight excluding hydrogens is 367 g/mol. The number of carbonyl (C=O) groups excluding carboxylic acids is 3. The van der Waals surface area contributed by atoms with Crippen LogP contribution in [0.5, 0.6) is 0 Å². The van der Waals surface area contributed by atoms with Crippen molar-refractivity contribution in [2.24, 2.45) is 0 Å². The number of hydrogen-bond donors (Lipinski definition) is 1. The number of halogens is 1. The number of piperidine rings is 1. The van der Waals surface area contributed by atoms with Crippen molar-refractivity contribution in [1.82, 2.24) is 10.2 Å². The highest BCUT2D eigenvalue weighted by atomic mass is 28.4. The summed E-state index contributed by atoms with van der Waals surface area (Å²) in [5.74, 6) is -5.33. The number of imide groups is 1. The number of carbonyl (C=O) groups is 3. The highest BCUT2D eigenvalue weighted by molar-refractivity contribution is 6.74. The van der Waals surface area contributed by atoms with E-state index >= 15 is 4.39 Å². The predicted octanol–water partition coefficient (Wildman–Crippen LogP) is 2.86. The van der Waals surface area contributed by atoms with E-state index in [1.54, 1.807) is 12.1 Å². The molecule has 0 bridgehead atoms. The van der Waals surface area contributed by atoms with E-state index < -0.39 is 37.9 Å². The molecule has 3 amide bonds. The first-order valence-electron chi connectivity index (χ1n) is 9.01. The number of alkyl halides is 1. The summed E-state index contributed by atoms with van der Waals surface area (Å²) in [7, 11) is -2.22. The van der Waals surface area contributed by atoms with Crippen LogP contribution in [0.2, 0.25) is 18.1 Å². The van der Waals surface area contributed by atoms with Gasteiger partial charge in [0.1, 0.15) is 0 Å². The third kappa shape index (κ3) is 3.10. The predicted molar refractivity (Wildman–Crippen MR) is 100 cm³/mol. The van der Waals surface area contributed by atoms with E-state index in [0.29, 0.717) is 4.90 Å². The smallest absolute Gasteiger partial charge is 0.279 e. The number of hydrogen-bond acceptors (Lipinski definition) is 4. The zero-order chi connectivity index (χ0) is 20.2. The monoisotopic (exact) mass is 392 g/mol. The van der Waals surface area contributed by atoms with Crippen LogP contribution in [0.1, 0.15) is 47.9 Å². The number of fused-ring (bicyclic) bond motifs is 1. The van der Waals surface area contributed by atoms with Gasteiger partial charge in [-0.15, -0.1) is 0 Å². The number of benzene rings is 1. The van der Waals surface area contributed by atoms with E-state index in [1.165, 1.54) is 12.1 Å². The maximum atomic E-state index is 15.9. The van der Waals surface area contributed by atoms with Gasteiger partial charge in [-0.25, -0.2) is 9.29 Å². The molecule has 6 nitrogen and oxygen atoms in total. The third-order valence-electron chi connectivity index (χ3n) is 5.75. The minimum Gasteiger partial charge on any atom is -0.412 e. The molecule has 1 aromatic carbocycles. The summed E-state index contributed by atoms with van der Waals surface area (Å²) < 4.78 is 22.1. The van der Waals surface area contributed by atoms with E-state index in [4.69, 9.17) is 4.43 Å². The molecule has 0 radical (unpaired) electrons. The van der Waals surface area contributed by atoms with Gasteiger partial charge >= 0.3 is 0 Å². The SMILES string of the molecule is CC(C)(C)[Si](C)(C)OC1CNC(=O)C(F)(N2C(=O)c3ccccc3C2=O)C1. The fourth-order valence-electron chi connectivity index (χ4n) is 3.19. The zero-order valence-corrected chi connectivity index (χ0v) is 17.3. The minimum atomic E-state index is -2.77. The Labute approximate surface area is 159 Å². The van der Waals surface area contributed by atoms with Crippen molar-refractivity contribution >= 4 is 26.0 Å². The lowest BCUT2D eigenvalue weighted by Crippen LogP contribution is -2.65. The van der Waals surface area contributed by atoms with Gasteiger partial charge in [0, 0.05) is 13.0 Å². The van der Waals surface area contributed by atoms with Gasteiger partial charge in [0.15, 0.2) is 8.32 Å². The zero-order valence-electron chi connectivity index (χ0n) is 16.3. The average molecular weight is 393 g/mol. The molecule has 1 N–H and O–H groups in total. The Morgan fingerprint density at radius 2 is 1.67 bits per heavy atom. The molecule has 27 heavy (non-hydrogen) atoms. The van der Waals surface area contributed by atoms with Crippen LogP contribution in [0.4, 0.5) is 4.39 Å². The molecule has 146 valence electrons.